The van der Waals surface area contributed by atoms with E-state index >= 15 is 0 Å². The van der Waals surface area contributed by atoms with Crippen molar-refractivity contribution in [1.82, 2.24) is 24.3 Å². The average Bonchev–Trinajstić information content (AvgIpc) is 2.91. The predicted molar refractivity (Wildman–Crippen MR) is 142 cm³/mol. The SMILES string of the molecule is CC(C)(C)OC(=O)N(Cc1cc2c(cn1)OCCO2)C1CCN(CCn2c(=O)cnc3cc(F)c(F)cc32)CC1. The first-order valence-corrected chi connectivity index (χ1v) is 13.4. The van der Waals surface area contributed by atoms with Gasteiger partial charge in [-0.15, -0.1) is 0 Å². The quantitative estimate of drug-likeness (QED) is 0.452. The highest BCUT2D eigenvalue weighted by molar-refractivity contribution is 5.74. The fraction of sp³-hybridized carbons (Fsp3) is 0.500. The van der Waals surface area contributed by atoms with Gasteiger partial charge in [-0.1, -0.05) is 0 Å². The number of fused-ring (bicyclic) bond motifs is 2. The van der Waals surface area contributed by atoms with Gasteiger partial charge in [0.15, 0.2) is 23.1 Å². The number of hydrogen-bond donors (Lipinski definition) is 0. The van der Waals surface area contributed by atoms with Gasteiger partial charge in [-0.25, -0.2) is 18.6 Å². The number of carbonyl (C=O) groups excluding carboxylic acids is 1. The van der Waals surface area contributed by atoms with Crippen LogP contribution in [-0.4, -0.2) is 74.9 Å². The molecule has 2 aliphatic rings. The van der Waals surface area contributed by atoms with E-state index in [0.717, 1.165) is 18.3 Å². The molecule has 0 atom stereocenters. The average molecular weight is 558 g/mol. The maximum atomic E-state index is 13.9. The van der Waals surface area contributed by atoms with E-state index in [1.807, 2.05) is 20.8 Å². The minimum absolute atomic E-state index is 0.0809. The Morgan fingerprint density at radius 1 is 1.02 bits per heavy atom. The van der Waals surface area contributed by atoms with Gasteiger partial charge in [-0.05, 0) is 33.6 Å². The maximum Gasteiger partial charge on any atom is 0.410 e. The fourth-order valence-electron chi connectivity index (χ4n) is 5.00. The molecule has 4 heterocycles. The number of likely N-dealkylation sites (tertiary alicyclic amines) is 1. The molecular formula is C28H33F2N5O5. The van der Waals surface area contributed by atoms with Crippen molar-refractivity contribution in [2.75, 3.05) is 32.8 Å². The molecule has 10 nitrogen and oxygen atoms in total. The molecule has 0 bridgehead atoms. The van der Waals surface area contributed by atoms with E-state index in [9.17, 15) is 18.4 Å². The van der Waals surface area contributed by atoms with E-state index < -0.39 is 23.3 Å². The Labute approximate surface area is 230 Å². The van der Waals surface area contributed by atoms with Crippen molar-refractivity contribution in [3.63, 3.8) is 0 Å². The first kappa shape index (κ1) is 27.8. The highest BCUT2D eigenvalue weighted by Crippen LogP contribution is 2.30. The fourth-order valence-corrected chi connectivity index (χ4v) is 5.00. The summed E-state index contributed by atoms with van der Waals surface area (Å²) in [6.07, 6.45) is 3.71. The predicted octanol–water partition coefficient (Wildman–Crippen LogP) is 3.74. The Balaban J connectivity index is 1.26. The van der Waals surface area contributed by atoms with Crippen molar-refractivity contribution < 1.29 is 27.8 Å². The number of carbonyl (C=O) groups is 1. The lowest BCUT2D eigenvalue weighted by Gasteiger charge is -2.39. The number of pyridine rings is 1. The Morgan fingerprint density at radius 2 is 1.73 bits per heavy atom. The topological polar surface area (TPSA) is 99.0 Å². The van der Waals surface area contributed by atoms with Gasteiger partial charge in [0.25, 0.3) is 5.56 Å². The van der Waals surface area contributed by atoms with Crippen LogP contribution in [0.15, 0.2) is 35.4 Å². The zero-order valence-corrected chi connectivity index (χ0v) is 22.9. The molecule has 1 amide bonds. The zero-order chi connectivity index (χ0) is 28.4. The largest absolute Gasteiger partial charge is 0.486 e. The Bertz CT molecular complexity index is 1450. The van der Waals surface area contributed by atoms with Crippen LogP contribution >= 0.6 is 0 Å². The molecule has 1 fully saturated rings. The molecule has 0 unspecified atom stereocenters. The minimum Gasteiger partial charge on any atom is -0.486 e. The molecule has 0 aliphatic carbocycles. The summed E-state index contributed by atoms with van der Waals surface area (Å²) >= 11 is 0. The minimum atomic E-state index is -1.02. The molecule has 2 aromatic heterocycles. The summed E-state index contributed by atoms with van der Waals surface area (Å²) in [6.45, 7) is 8.87. The van der Waals surface area contributed by atoms with Crippen LogP contribution < -0.4 is 15.0 Å². The number of amides is 1. The van der Waals surface area contributed by atoms with E-state index in [0.29, 0.717) is 69.4 Å². The Kier molecular flexibility index (Phi) is 7.88. The molecule has 40 heavy (non-hydrogen) atoms. The van der Waals surface area contributed by atoms with Crippen LogP contribution in [-0.2, 0) is 17.8 Å². The van der Waals surface area contributed by atoms with Crippen LogP contribution in [0.4, 0.5) is 13.6 Å². The van der Waals surface area contributed by atoms with Gasteiger partial charge in [0.1, 0.15) is 18.8 Å². The summed E-state index contributed by atoms with van der Waals surface area (Å²) in [7, 11) is 0. The number of nitrogens with zero attached hydrogens (tertiary/aromatic N) is 5. The van der Waals surface area contributed by atoms with Gasteiger partial charge in [-0.2, -0.15) is 0 Å². The third-order valence-corrected chi connectivity index (χ3v) is 6.97. The van der Waals surface area contributed by atoms with Gasteiger partial charge < -0.3 is 23.7 Å². The Morgan fingerprint density at radius 3 is 2.45 bits per heavy atom. The van der Waals surface area contributed by atoms with Crippen LogP contribution in [0.1, 0.15) is 39.3 Å². The summed E-state index contributed by atoms with van der Waals surface area (Å²) in [4.78, 5) is 38.1. The van der Waals surface area contributed by atoms with Gasteiger partial charge in [0.05, 0.1) is 35.7 Å². The van der Waals surface area contributed by atoms with Crippen molar-refractivity contribution in [1.29, 1.82) is 0 Å². The summed E-state index contributed by atoms with van der Waals surface area (Å²) in [5, 5.41) is 0. The maximum absolute atomic E-state index is 13.9. The van der Waals surface area contributed by atoms with Crippen LogP contribution in [0.5, 0.6) is 11.5 Å². The van der Waals surface area contributed by atoms with Crippen LogP contribution in [0.3, 0.4) is 0 Å². The highest BCUT2D eigenvalue weighted by atomic mass is 19.2. The zero-order valence-electron chi connectivity index (χ0n) is 22.9. The number of aromatic nitrogens is 3. The van der Waals surface area contributed by atoms with Gasteiger partial charge in [-0.3, -0.25) is 14.7 Å². The first-order valence-electron chi connectivity index (χ1n) is 13.4. The molecule has 0 saturated carbocycles. The summed E-state index contributed by atoms with van der Waals surface area (Å²) in [5.74, 6) is -0.838. The molecule has 12 heteroatoms. The van der Waals surface area contributed by atoms with E-state index in [1.165, 1.54) is 4.57 Å². The van der Waals surface area contributed by atoms with Crippen LogP contribution in [0.2, 0.25) is 0 Å². The van der Waals surface area contributed by atoms with Crippen molar-refractivity contribution in [3.8, 4) is 11.5 Å². The first-order chi connectivity index (χ1) is 19.1. The third kappa shape index (κ3) is 6.33. The van der Waals surface area contributed by atoms with Crippen molar-refractivity contribution in [3.05, 3.63) is 58.3 Å². The summed E-state index contributed by atoms with van der Waals surface area (Å²) in [5.41, 5.74) is 0.114. The molecule has 214 valence electrons. The van der Waals surface area contributed by atoms with E-state index in [4.69, 9.17) is 14.2 Å². The molecular weight excluding hydrogens is 524 g/mol. The lowest BCUT2D eigenvalue weighted by molar-refractivity contribution is 0.00529. The van der Waals surface area contributed by atoms with Crippen molar-refractivity contribution >= 4 is 17.1 Å². The number of piperidine rings is 1. The van der Waals surface area contributed by atoms with Crippen molar-refractivity contribution in [2.45, 2.75) is 58.3 Å². The lowest BCUT2D eigenvalue weighted by atomic mass is 10.0. The molecule has 1 saturated heterocycles. The molecule has 3 aromatic rings. The number of rotatable bonds is 6. The van der Waals surface area contributed by atoms with Gasteiger partial charge >= 0.3 is 6.09 Å². The molecule has 5 rings (SSSR count). The molecule has 0 N–H and O–H groups in total. The molecule has 0 radical (unpaired) electrons. The van der Waals surface area contributed by atoms with E-state index in [-0.39, 0.29) is 29.2 Å². The third-order valence-electron chi connectivity index (χ3n) is 6.97. The number of halogens is 2. The van der Waals surface area contributed by atoms with Crippen molar-refractivity contribution in [2.24, 2.45) is 0 Å². The van der Waals surface area contributed by atoms with E-state index in [1.54, 1.807) is 17.2 Å². The summed E-state index contributed by atoms with van der Waals surface area (Å²) < 4.78 is 45.9. The second-order valence-electron chi connectivity index (χ2n) is 11.0. The van der Waals surface area contributed by atoms with E-state index in [2.05, 4.69) is 14.9 Å². The smallest absolute Gasteiger partial charge is 0.410 e. The molecule has 0 spiro atoms. The molecule has 2 aliphatic heterocycles. The van der Waals surface area contributed by atoms with Gasteiger partial charge in [0.2, 0.25) is 0 Å². The number of benzene rings is 1. The monoisotopic (exact) mass is 557 g/mol. The number of ether oxygens (including phenoxy) is 3. The second kappa shape index (κ2) is 11.4. The summed E-state index contributed by atoms with van der Waals surface area (Å²) in [6, 6.07) is 3.72. The Hall–Kier alpha value is -3.80. The van der Waals surface area contributed by atoms with Gasteiger partial charge in [0, 0.05) is 50.4 Å². The molecule has 1 aromatic carbocycles. The highest BCUT2D eigenvalue weighted by Gasteiger charge is 2.32. The lowest BCUT2D eigenvalue weighted by Crippen LogP contribution is -2.49. The number of hydrogen-bond acceptors (Lipinski definition) is 8. The standard InChI is InChI=1S/C28H33F2N5O5/c1-28(2,3)40-27(37)35(17-18-12-24-25(15-31-18)39-11-10-38-24)19-4-6-33(7-5-19)8-9-34-23-14-21(30)20(29)13-22(23)32-16-26(34)36/h12-16,19H,4-11,17H2,1-3H3. The van der Waals surface area contributed by atoms with Crippen LogP contribution in [0.25, 0.3) is 11.0 Å². The van der Waals surface area contributed by atoms with Crippen LogP contribution in [0, 0.1) is 11.6 Å². The normalized spacial score (nSPS) is 16.2. The second-order valence-corrected chi connectivity index (χ2v) is 11.0.